The molecule has 0 aliphatic carbocycles. The van der Waals surface area contributed by atoms with E-state index in [1.165, 1.54) is 13.0 Å². The van der Waals surface area contributed by atoms with E-state index in [1.807, 2.05) is 60.7 Å². The van der Waals surface area contributed by atoms with Crippen LogP contribution in [-0.4, -0.2) is 15.0 Å². The van der Waals surface area contributed by atoms with Crippen LogP contribution in [0.3, 0.4) is 0 Å². The van der Waals surface area contributed by atoms with Crippen LogP contribution in [0.15, 0.2) is 91.1 Å². The van der Waals surface area contributed by atoms with E-state index in [-0.39, 0.29) is 22.3 Å². The lowest BCUT2D eigenvalue weighted by Crippen LogP contribution is -2.01. The van der Waals surface area contributed by atoms with Gasteiger partial charge in [0.2, 0.25) is 5.88 Å². The van der Waals surface area contributed by atoms with E-state index in [4.69, 9.17) is 31.0 Å². The van der Waals surface area contributed by atoms with Crippen molar-refractivity contribution < 1.29 is 18.3 Å². The highest BCUT2D eigenvalue weighted by molar-refractivity contribution is 6.34. The monoisotopic (exact) mass is 539 g/mol. The average Bonchev–Trinajstić information content (AvgIpc) is 2.96. The highest BCUT2D eigenvalue weighted by atomic mass is 35.5. The zero-order valence-electron chi connectivity index (χ0n) is 20.7. The highest BCUT2D eigenvalue weighted by Gasteiger charge is 2.19. The molecule has 0 unspecified atom stereocenters. The molecule has 6 aromatic rings. The van der Waals surface area contributed by atoms with Gasteiger partial charge >= 0.3 is 0 Å². The van der Waals surface area contributed by atoms with E-state index in [0.29, 0.717) is 40.0 Å². The second-order valence-corrected chi connectivity index (χ2v) is 9.25. The van der Waals surface area contributed by atoms with E-state index in [9.17, 15) is 8.78 Å². The number of para-hydroxylation sites is 1. The number of rotatable bonds is 6. The molecule has 39 heavy (non-hydrogen) atoms. The van der Waals surface area contributed by atoms with Gasteiger partial charge in [0.05, 0.1) is 27.7 Å². The van der Waals surface area contributed by atoms with Gasteiger partial charge in [-0.3, -0.25) is 0 Å². The summed E-state index contributed by atoms with van der Waals surface area (Å²) in [6.07, 6.45) is 1.57. The Labute approximate surface area is 227 Å². The van der Waals surface area contributed by atoms with Crippen LogP contribution >= 0.6 is 11.6 Å². The van der Waals surface area contributed by atoms with Gasteiger partial charge in [-0.05, 0) is 42.8 Å². The lowest BCUT2D eigenvalue weighted by molar-refractivity contribution is 0.310. The number of benzene rings is 3. The van der Waals surface area contributed by atoms with Crippen molar-refractivity contribution in [1.29, 1.82) is 0 Å². The Kier molecular flexibility index (Phi) is 6.50. The molecule has 6 rings (SSSR count). The molecular weight excluding hydrogens is 520 g/mol. The smallest absolute Gasteiger partial charge is 0.229 e. The van der Waals surface area contributed by atoms with Crippen molar-refractivity contribution >= 4 is 33.4 Å². The average molecular weight is 540 g/mol. The lowest BCUT2D eigenvalue weighted by atomic mass is 10.1. The molecule has 0 N–H and O–H groups in total. The van der Waals surface area contributed by atoms with E-state index in [0.717, 1.165) is 17.0 Å². The molecule has 3 heterocycles. The molecule has 0 aliphatic heterocycles. The minimum absolute atomic E-state index is 0.0344. The Morgan fingerprint density at radius 2 is 1.62 bits per heavy atom. The first-order valence-electron chi connectivity index (χ1n) is 12.1. The zero-order valence-corrected chi connectivity index (χ0v) is 21.4. The molecule has 8 heteroatoms. The molecule has 3 aromatic heterocycles. The first-order chi connectivity index (χ1) is 19.0. The first kappa shape index (κ1) is 24.7. The van der Waals surface area contributed by atoms with Gasteiger partial charge < -0.3 is 9.47 Å². The van der Waals surface area contributed by atoms with E-state index in [2.05, 4.69) is 4.98 Å². The Bertz CT molecular complexity index is 1850. The molecule has 0 saturated heterocycles. The number of fused-ring (bicyclic) bond motifs is 2. The summed E-state index contributed by atoms with van der Waals surface area (Å²) in [5, 5.41) is 1.69. The quantitative estimate of drug-likeness (QED) is 0.199. The van der Waals surface area contributed by atoms with Crippen molar-refractivity contribution in [2.24, 2.45) is 0 Å². The van der Waals surface area contributed by atoms with Crippen molar-refractivity contribution in [3.05, 3.63) is 119 Å². The second-order valence-electron chi connectivity index (χ2n) is 8.90. The summed E-state index contributed by atoms with van der Waals surface area (Å²) in [5.74, 6) is -1.11. The minimum atomic E-state index is -0.975. The van der Waals surface area contributed by atoms with Crippen LogP contribution in [0.5, 0.6) is 17.4 Å². The molecule has 0 radical (unpaired) electrons. The standard InChI is InChI=1S/C31H20ClF2N3O2/c1-18-26(12-11-22(33)29(18)34)39-31-21(15-20-9-5-6-10-23(20)37-31)25-16-27(38-17-19-7-3-2-4-8-19)28-24(36-25)13-14-35-30(28)32/h2-16H,17H2,1H3. The number of hydrogen-bond acceptors (Lipinski definition) is 5. The summed E-state index contributed by atoms with van der Waals surface area (Å²) >= 11 is 6.47. The maximum absolute atomic E-state index is 14.3. The van der Waals surface area contributed by atoms with Gasteiger partial charge in [0.25, 0.3) is 0 Å². The summed E-state index contributed by atoms with van der Waals surface area (Å²) in [5.41, 5.74) is 3.30. The van der Waals surface area contributed by atoms with Gasteiger partial charge in [0.1, 0.15) is 23.3 Å². The van der Waals surface area contributed by atoms with Crippen molar-refractivity contribution in [2.45, 2.75) is 13.5 Å². The normalized spacial score (nSPS) is 11.2. The molecular formula is C31H20ClF2N3O2. The van der Waals surface area contributed by atoms with E-state index in [1.54, 1.807) is 18.3 Å². The maximum Gasteiger partial charge on any atom is 0.229 e. The third kappa shape index (κ3) is 4.84. The van der Waals surface area contributed by atoms with Crippen LogP contribution in [0.1, 0.15) is 11.1 Å². The number of ether oxygens (including phenoxy) is 2. The predicted molar refractivity (Wildman–Crippen MR) is 147 cm³/mol. The van der Waals surface area contributed by atoms with Crippen LogP contribution in [0, 0.1) is 18.6 Å². The van der Waals surface area contributed by atoms with Gasteiger partial charge in [-0.15, -0.1) is 0 Å². The molecule has 0 atom stereocenters. The topological polar surface area (TPSA) is 57.1 Å². The second kappa shape index (κ2) is 10.3. The van der Waals surface area contributed by atoms with Gasteiger partial charge in [-0.2, -0.15) is 0 Å². The molecule has 0 amide bonds. The van der Waals surface area contributed by atoms with Gasteiger partial charge in [-0.1, -0.05) is 60.1 Å². The predicted octanol–water partition coefficient (Wildman–Crippen LogP) is 8.46. The molecule has 0 bridgehead atoms. The molecule has 3 aromatic carbocycles. The number of aromatic nitrogens is 3. The van der Waals surface area contributed by atoms with Crippen molar-refractivity contribution in [3.8, 4) is 28.6 Å². The fourth-order valence-electron chi connectivity index (χ4n) is 4.30. The molecule has 0 fully saturated rings. The molecule has 5 nitrogen and oxygen atoms in total. The van der Waals surface area contributed by atoms with Crippen LogP contribution < -0.4 is 9.47 Å². The maximum atomic E-state index is 14.3. The van der Waals surface area contributed by atoms with Crippen LogP contribution in [-0.2, 0) is 6.61 Å². The fourth-order valence-corrected chi connectivity index (χ4v) is 4.55. The Morgan fingerprint density at radius 3 is 2.46 bits per heavy atom. The van der Waals surface area contributed by atoms with Gasteiger partial charge in [-0.25, -0.2) is 23.7 Å². The van der Waals surface area contributed by atoms with Gasteiger partial charge in [0.15, 0.2) is 11.6 Å². The Balaban J connectivity index is 1.52. The highest BCUT2D eigenvalue weighted by Crippen LogP contribution is 2.39. The van der Waals surface area contributed by atoms with Gasteiger partial charge in [0, 0.05) is 23.2 Å². The largest absolute Gasteiger partial charge is 0.488 e. The third-order valence-electron chi connectivity index (χ3n) is 6.34. The summed E-state index contributed by atoms with van der Waals surface area (Å²) < 4.78 is 40.5. The van der Waals surface area contributed by atoms with Crippen molar-refractivity contribution in [1.82, 2.24) is 15.0 Å². The minimum Gasteiger partial charge on any atom is -0.488 e. The zero-order chi connectivity index (χ0) is 26.9. The van der Waals surface area contributed by atoms with E-state index >= 15 is 0 Å². The molecule has 0 aliphatic rings. The Hall–Kier alpha value is -4.62. The summed E-state index contributed by atoms with van der Waals surface area (Å²) in [6.45, 7) is 1.76. The third-order valence-corrected chi connectivity index (χ3v) is 6.62. The summed E-state index contributed by atoms with van der Waals surface area (Å²) in [7, 11) is 0. The number of pyridine rings is 3. The van der Waals surface area contributed by atoms with Crippen molar-refractivity contribution in [2.75, 3.05) is 0 Å². The molecule has 192 valence electrons. The summed E-state index contributed by atoms with van der Waals surface area (Å²) in [6, 6.07) is 25.1. The lowest BCUT2D eigenvalue weighted by Gasteiger charge is -2.16. The van der Waals surface area contributed by atoms with Crippen molar-refractivity contribution in [3.63, 3.8) is 0 Å². The van der Waals surface area contributed by atoms with Crippen LogP contribution in [0.25, 0.3) is 33.1 Å². The summed E-state index contributed by atoms with van der Waals surface area (Å²) in [4.78, 5) is 13.7. The molecule has 0 spiro atoms. The van der Waals surface area contributed by atoms with Crippen LogP contribution in [0.2, 0.25) is 5.15 Å². The number of nitrogens with zero attached hydrogens (tertiary/aromatic N) is 3. The first-order valence-corrected chi connectivity index (χ1v) is 12.5. The Morgan fingerprint density at radius 1 is 0.821 bits per heavy atom. The number of hydrogen-bond donors (Lipinski definition) is 0. The van der Waals surface area contributed by atoms with Crippen LogP contribution in [0.4, 0.5) is 8.78 Å². The SMILES string of the molecule is Cc1c(Oc2nc3ccccc3cc2-c2cc(OCc3ccccc3)c3c(Cl)nccc3n2)ccc(F)c1F. The number of halogens is 3. The molecule has 0 saturated carbocycles. The fraction of sp³-hybridized carbons (Fsp3) is 0.0645. The van der Waals surface area contributed by atoms with E-state index < -0.39 is 11.6 Å².